The zero-order valence-electron chi connectivity index (χ0n) is 15.2. The molecule has 0 spiro atoms. The van der Waals surface area contributed by atoms with Crippen molar-refractivity contribution in [2.45, 2.75) is 6.61 Å². The predicted octanol–water partition coefficient (Wildman–Crippen LogP) is 4.96. The van der Waals surface area contributed by atoms with E-state index in [4.69, 9.17) is 18.9 Å². The lowest BCUT2D eigenvalue weighted by Gasteiger charge is -2.15. The lowest BCUT2D eigenvalue weighted by atomic mass is 10.0. The van der Waals surface area contributed by atoms with Gasteiger partial charge < -0.3 is 18.9 Å². The molecule has 0 heterocycles. The van der Waals surface area contributed by atoms with Crippen LogP contribution in [-0.4, -0.2) is 21.3 Å². The molecule has 0 aliphatic rings. The van der Waals surface area contributed by atoms with Gasteiger partial charge in [-0.2, -0.15) is 0 Å². The summed E-state index contributed by atoms with van der Waals surface area (Å²) in [4.78, 5) is 0. The summed E-state index contributed by atoms with van der Waals surface area (Å²) in [5, 5.41) is 0. The average molecular weight is 350 g/mol. The van der Waals surface area contributed by atoms with Gasteiger partial charge in [-0.25, -0.2) is 0 Å². The molecule has 0 atom stereocenters. The minimum Gasteiger partial charge on any atom is -0.497 e. The second kappa shape index (κ2) is 8.30. The highest BCUT2D eigenvalue weighted by Crippen LogP contribution is 2.38. The number of ether oxygens (including phenoxy) is 4. The standard InChI is InChI=1S/C22H22O4/c1-23-18-10-11-19(17-9-12-20(24-2)22(13-17)25-3)21(14-18)26-15-16-7-5-4-6-8-16/h4-14H,15H2,1-3H3. The molecular weight excluding hydrogens is 328 g/mol. The van der Waals surface area contributed by atoms with Crippen LogP contribution in [0, 0.1) is 0 Å². The molecule has 134 valence electrons. The maximum atomic E-state index is 6.10. The van der Waals surface area contributed by atoms with Gasteiger partial charge in [0.05, 0.1) is 21.3 Å². The van der Waals surface area contributed by atoms with Gasteiger partial charge in [0, 0.05) is 11.6 Å². The molecule has 0 aliphatic carbocycles. The Kier molecular flexibility index (Phi) is 5.64. The van der Waals surface area contributed by atoms with E-state index in [1.54, 1.807) is 21.3 Å². The van der Waals surface area contributed by atoms with Gasteiger partial charge in [-0.1, -0.05) is 36.4 Å². The molecule has 0 bridgehead atoms. The maximum Gasteiger partial charge on any atom is 0.161 e. The number of rotatable bonds is 7. The molecule has 0 N–H and O–H groups in total. The van der Waals surface area contributed by atoms with Crippen LogP contribution in [0.1, 0.15) is 5.56 Å². The topological polar surface area (TPSA) is 36.9 Å². The zero-order valence-corrected chi connectivity index (χ0v) is 15.2. The molecule has 26 heavy (non-hydrogen) atoms. The first-order chi connectivity index (χ1) is 12.7. The van der Waals surface area contributed by atoms with Gasteiger partial charge in [0.1, 0.15) is 18.1 Å². The Morgan fingerprint density at radius 3 is 2.12 bits per heavy atom. The Hall–Kier alpha value is -3.14. The van der Waals surface area contributed by atoms with E-state index >= 15 is 0 Å². The molecule has 0 aromatic heterocycles. The van der Waals surface area contributed by atoms with Crippen LogP contribution in [0.15, 0.2) is 66.7 Å². The molecule has 4 heteroatoms. The van der Waals surface area contributed by atoms with Crippen LogP contribution in [0.25, 0.3) is 11.1 Å². The summed E-state index contributed by atoms with van der Waals surface area (Å²) in [6.07, 6.45) is 0. The Morgan fingerprint density at radius 2 is 1.42 bits per heavy atom. The molecule has 0 amide bonds. The third-order valence-electron chi connectivity index (χ3n) is 4.12. The maximum absolute atomic E-state index is 6.10. The molecule has 3 aromatic carbocycles. The van der Waals surface area contributed by atoms with Gasteiger partial charge >= 0.3 is 0 Å². The van der Waals surface area contributed by atoms with Crippen molar-refractivity contribution in [1.82, 2.24) is 0 Å². The SMILES string of the molecule is COc1ccc(-c2ccc(OC)c(OC)c2)c(OCc2ccccc2)c1. The zero-order chi connectivity index (χ0) is 18.4. The fraction of sp³-hybridized carbons (Fsp3) is 0.182. The molecule has 0 unspecified atom stereocenters. The summed E-state index contributed by atoms with van der Waals surface area (Å²) in [5.74, 6) is 2.86. The smallest absolute Gasteiger partial charge is 0.161 e. The Labute approximate surface area is 153 Å². The van der Waals surface area contributed by atoms with E-state index in [-0.39, 0.29) is 0 Å². The second-order valence-electron chi connectivity index (χ2n) is 5.71. The van der Waals surface area contributed by atoms with E-state index in [0.29, 0.717) is 18.1 Å². The van der Waals surface area contributed by atoms with Crippen molar-refractivity contribution in [2.75, 3.05) is 21.3 Å². The van der Waals surface area contributed by atoms with E-state index in [0.717, 1.165) is 28.2 Å². The van der Waals surface area contributed by atoms with Crippen molar-refractivity contribution in [2.24, 2.45) is 0 Å². The molecule has 0 fully saturated rings. The third-order valence-corrected chi connectivity index (χ3v) is 4.12. The number of methoxy groups -OCH3 is 3. The molecular formula is C22H22O4. The predicted molar refractivity (Wildman–Crippen MR) is 102 cm³/mol. The highest BCUT2D eigenvalue weighted by molar-refractivity contribution is 5.74. The second-order valence-corrected chi connectivity index (χ2v) is 5.71. The fourth-order valence-electron chi connectivity index (χ4n) is 2.73. The average Bonchev–Trinajstić information content (AvgIpc) is 2.72. The van der Waals surface area contributed by atoms with E-state index in [2.05, 4.69) is 0 Å². The first kappa shape index (κ1) is 17.7. The molecule has 3 rings (SSSR count). The summed E-state index contributed by atoms with van der Waals surface area (Å²) in [6.45, 7) is 0.480. The van der Waals surface area contributed by atoms with Gasteiger partial charge in [-0.3, -0.25) is 0 Å². The van der Waals surface area contributed by atoms with Gasteiger partial charge in [0.25, 0.3) is 0 Å². The monoisotopic (exact) mass is 350 g/mol. The van der Waals surface area contributed by atoms with E-state index in [9.17, 15) is 0 Å². The molecule has 0 radical (unpaired) electrons. The van der Waals surface area contributed by atoms with Crippen LogP contribution in [0.3, 0.4) is 0 Å². The summed E-state index contributed by atoms with van der Waals surface area (Å²) in [6, 6.07) is 21.7. The van der Waals surface area contributed by atoms with Gasteiger partial charge in [0.15, 0.2) is 11.5 Å². The Bertz CT molecular complexity index is 859. The molecule has 3 aromatic rings. The van der Waals surface area contributed by atoms with E-state index in [1.165, 1.54) is 0 Å². The van der Waals surface area contributed by atoms with Crippen molar-refractivity contribution < 1.29 is 18.9 Å². The quantitative estimate of drug-likeness (QED) is 0.604. The summed E-state index contributed by atoms with van der Waals surface area (Å²) >= 11 is 0. The number of hydrogen-bond donors (Lipinski definition) is 0. The normalized spacial score (nSPS) is 10.3. The highest BCUT2D eigenvalue weighted by Gasteiger charge is 2.12. The fourth-order valence-corrected chi connectivity index (χ4v) is 2.73. The Morgan fingerprint density at radius 1 is 0.654 bits per heavy atom. The number of benzene rings is 3. The van der Waals surface area contributed by atoms with Crippen LogP contribution < -0.4 is 18.9 Å². The van der Waals surface area contributed by atoms with Crippen molar-refractivity contribution in [3.05, 3.63) is 72.3 Å². The van der Waals surface area contributed by atoms with Crippen molar-refractivity contribution >= 4 is 0 Å². The Balaban J connectivity index is 1.96. The summed E-state index contributed by atoms with van der Waals surface area (Å²) < 4.78 is 22.2. The lowest BCUT2D eigenvalue weighted by Crippen LogP contribution is -1.98. The highest BCUT2D eigenvalue weighted by atomic mass is 16.5. The number of hydrogen-bond acceptors (Lipinski definition) is 4. The van der Waals surface area contributed by atoms with Crippen molar-refractivity contribution in [3.63, 3.8) is 0 Å². The van der Waals surface area contributed by atoms with Gasteiger partial charge in [0.2, 0.25) is 0 Å². The van der Waals surface area contributed by atoms with Crippen LogP contribution in [-0.2, 0) is 6.61 Å². The first-order valence-corrected chi connectivity index (χ1v) is 8.32. The van der Waals surface area contributed by atoms with Crippen LogP contribution >= 0.6 is 0 Å². The van der Waals surface area contributed by atoms with Crippen LogP contribution in [0.5, 0.6) is 23.0 Å². The van der Waals surface area contributed by atoms with Gasteiger partial charge in [-0.15, -0.1) is 0 Å². The summed E-state index contributed by atoms with van der Waals surface area (Å²) in [5.41, 5.74) is 3.05. The van der Waals surface area contributed by atoms with Crippen molar-refractivity contribution in [1.29, 1.82) is 0 Å². The first-order valence-electron chi connectivity index (χ1n) is 8.32. The minimum absolute atomic E-state index is 0.480. The molecule has 0 saturated carbocycles. The lowest BCUT2D eigenvalue weighted by molar-refractivity contribution is 0.305. The third kappa shape index (κ3) is 3.91. The van der Waals surface area contributed by atoms with Gasteiger partial charge in [-0.05, 0) is 35.4 Å². The summed E-state index contributed by atoms with van der Waals surface area (Å²) in [7, 11) is 4.90. The van der Waals surface area contributed by atoms with Crippen LogP contribution in [0.2, 0.25) is 0 Å². The molecule has 4 nitrogen and oxygen atoms in total. The molecule has 0 saturated heterocycles. The largest absolute Gasteiger partial charge is 0.497 e. The van der Waals surface area contributed by atoms with E-state index < -0.39 is 0 Å². The van der Waals surface area contributed by atoms with Crippen LogP contribution in [0.4, 0.5) is 0 Å². The minimum atomic E-state index is 0.480. The van der Waals surface area contributed by atoms with E-state index in [1.807, 2.05) is 66.7 Å². The molecule has 0 aliphatic heterocycles. The van der Waals surface area contributed by atoms with Crippen molar-refractivity contribution in [3.8, 4) is 34.1 Å².